The minimum Gasteiger partial charge on any atom is -0.266 e. The fourth-order valence-electron chi connectivity index (χ4n) is 3.33. The van der Waals surface area contributed by atoms with Gasteiger partial charge in [-0.1, -0.05) is 77.5 Å². The van der Waals surface area contributed by atoms with Gasteiger partial charge < -0.3 is 0 Å². The second-order valence-electron chi connectivity index (χ2n) is 7.61. The number of rotatable bonds is 4. The van der Waals surface area contributed by atoms with Crippen LogP contribution in [0.4, 0.5) is 5.69 Å². The Labute approximate surface area is 192 Å². The van der Waals surface area contributed by atoms with Gasteiger partial charge >= 0.3 is 0 Å². The van der Waals surface area contributed by atoms with Crippen LogP contribution in [0.3, 0.4) is 0 Å². The van der Waals surface area contributed by atoms with Crippen LogP contribution in [0.15, 0.2) is 77.4 Å². The minimum atomic E-state index is -0.104. The third-order valence-electron chi connectivity index (χ3n) is 5.31. The van der Waals surface area contributed by atoms with Gasteiger partial charge in [0.25, 0.3) is 5.91 Å². The highest BCUT2D eigenvalue weighted by molar-refractivity contribution is 8.13. The van der Waals surface area contributed by atoms with Gasteiger partial charge in [-0.05, 0) is 67.3 Å². The summed E-state index contributed by atoms with van der Waals surface area (Å²) in [6.45, 7) is 6.14. The van der Waals surface area contributed by atoms with Crippen molar-refractivity contribution in [3.05, 3.63) is 105 Å². The Bertz CT molecular complexity index is 1180. The Balaban J connectivity index is 1.70. The molecule has 156 valence electrons. The van der Waals surface area contributed by atoms with E-state index in [2.05, 4.69) is 13.0 Å². The predicted octanol–water partition coefficient (Wildman–Crippen LogP) is 6.94. The molecule has 3 nitrogen and oxygen atoms in total. The number of anilines is 1. The van der Waals surface area contributed by atoms with Crippen molar-refractivity contribution in [1.29, 1.82) is 0 Å². The van der Waals surface area contributed by atoms with Gasteiger partial charge in [-0.2, -0.15) is 0 Å². The lowest BCUT2D eigenvalue weighted by Gasteiger charge is -2.21. The number of hydrogen-bond donors (Lipinski definition) is 0. The molecular weight excluding hydrogens is 424 g/mol. The van der Waals surface area contributed by atoms with Crippen LogP contribution >= 0.6 is 23.4 Å². The van der Waals surface area contributed by atoms with Crippen molar-refractivity contribution in [2.75, 3.05) is 4.90 Å². The number of amidine groups is 1. The average molecular weight is 447 g/mol. The summed E-state index contributed by atoms with van der Waals surface area (Å²) in [5.74, 6) is 0.593. The molecule has 0 unspecified atom stereocenters. The van der Waals surface area contributed by atoms with E-state index in [-0.39, 0.29) is 5.91 Å². The molecule has 0 saturated carbocycles. The zero-order valence-corrected chi connectivity index (χ0v) is 19.3. The Hall–Kier alpha value is -2.82. The second-order valence-corrected chi connectivity index (χ2v) is 8.99. The van der Waals surface area contributed by atoms with Crippen molar-refractivity contribution < 1.29 is 4.79 Å². The monoisotopic (exact) mass is 446 g/mol. The van der Waals surface area contributed by atoms with Gasteiger partial charge in [0.2, 0.25) is 0 Å². The maximum absolute atomic E-state index is 13.4. The molecule has 3 aromatic carbocycles. The third kappa shape index (κ3) is 4.76. The highest BCUT2D eigenvalue weighted by Gasteiger charge is 2.33. The number of aliphatic imine (C=N–C) groups is 1. The number of amides is 1. The molecule has 3 aromatic rings. The number of carbonyl (C=O) groups excluding carboxylic acids is 1. The standard InChI is InChI=1S/C26H23ClN2OS/c1-17-7-9-20(10-8-17)15-23-25(30)29(24-6-4-5-18(2)19(24)3)26(28-23)31-16-21-11-13-22(27)14-12-21/h4-15H,16H2,1-3H3. The first kappa shape index (κ1) is 21.4. The van der Waals surface area contributed by atoms with Gasteiger partial charge in [-0.3, -0.25) is 9.69 Å². The van der Waals surface area contributed by atoms with Crippen LogP contribution in [0, 0.1) is 20.8 Å². The van der Waals surface area contributed by atoms with E-state index >= 15 is 0 Å². The Morgan fingerprint density at radius 3 is 2.39 bits per heavy atom. The van der Waals surface area contributed by atoms with Gasteiger partial charge in [0.15, 0.2) is 5.17 Å². The number of nitrogens with zero attached hydrogens (tertiary/aromatic N) is 2. The first-order valence-electron chi connectivity index (χ1n) is 10.1. The van der Waals surface area contributed by atoms with E-state index in [1.807, 2.05) is 80.6 Å². The van der Waals surface area contributed by atoms with E-state index in [9.17, 15) is 4.79 Å². The molecule has 0 N–H and O–H groups in total. The first-order valence-corrected chi connectivity index (χ1v) is 11.4. The van der Waals surface area contributed by atoms with Crippen molar-refractivity contribution in [1.82, 2.24) is 0 Å². The lowest BCUT2D eigenvalue weighted by Crippen LogP contribution is -2.31. The Morgan fingerprint density at radius 1 is 0.968 bits per heavy atom. The number of benzene rings is 3. The highest BCUT2D eigenvalue weighted by Crippen LogP contribution is 2.33. The molecule has 0 aromatic heterocycles. The lowest BCUT2D eigenvalue weighted by atomic mass is 10.1. The summed E-state index contributed by atoms with van der Waals surface area (Å²) in [5.41, 5.74) is 6.81. The van der Waals surface area contributed by atoms with E-state index in [0.717, 1.165) is 27.9 Å². The molecule has 1 amide bonds. The van der Waals surface area contributed by atoms with E-state index in [1.165, 1.54) is 5.56 Å². The molecule has 1 aliphatic rings. The molecule has 5 heteroatoms. The van der Waals surface area contributed by atoms with Crippen LogP contribution in [0.25, 0.3) is 6.08 Å². The summed E-state index contributed by atoms with van der Waals surface area (Å²) in [6.07, 6.45) is 1.86. The Kier molecular flexibility index (Phi) is 6.30. The van der Waals surface area contributed by atoms with Crippen molar-refractivity contribution in [2.24, 2.45) is 4.99 Å². The van der Waals surface area contributed by atoms with Crippen molar-refractivity contribution in [3.63, 3.8) is 0 Å². The predicted molar refractivity (Wildman–Crippen MR) is 133 cm³/mol. The van der Waals surface area contributed by atoms with Crippen molar-refractivity contribution in [2.45, 2.75) is 26.5 Å². The summed E-state index contributed by atoms with van der Waals surface area (Å²) in [7, 11) is 0. The van der Waals surface area contributed by atoms with Gasteiger partial charge in [-0.15, -0.1) is 0 Å². The molecule has 0 aliphatic carbocycles. The molecule has 0 saturated heterocycles. The van der Waals surface area contributed by atoms with Crippen LogP contribution < -0.4 is 4.90 Å². The van der Waals surface area contributed by atoms with Gasteiger partial charge in [0, 0.05) is 10.8 Å². The maximum atomic E-state index is 13.4. The lowest BCUT2D eigenvalue weighted by molar-refractivity contribution is -0.113. The number of hydrogen-bond acceptors (Lipinski definition) is 3. The van der Waals surface area contributed by atoms with Gasteiger partial charge in [0.05, 0.1) is 5.69 Å². The fraction of sp³-hybridized carbons (Fsp3) is 0.154. The van der Waals surface area contributed by atoms with Gasteiger partial charge in [-0.25, -0.2) is 4.99 Å². The smallest absolute Gasteiger partial charge is 0.266 e. The molecule has 0 bridgehead atoms. The highest BCUT2D eigenvalue weighted by atomic mass is 35.5. The number of thioether (sulfide) groups is 1. The first-order chi connectivity index (χ1) is 14.9. The molecule has 0 radical (unpaired) electrons. The van der Waals surface area contributed by atoms with Crippen molar-refractivity contribution >= 4 is 46.2 Å². The molecule has 1 aliphatic heterocycles. The quantitative estimate of drug-likeness (QED) is 0.406. The maximum Gasteiger partial charge on any atom is 0.283 e. The molecular formula is C26H23ClN2OS. The van der Waals surface area contributed by atoms with Crippen LogP contribution in [-0.2, 0) is 10.5 Å². The molecule has 0 spiro atoms. The van der Waals surface area contributed by atoms with Gasteiger partial charge in [0.1, 0.15) is 5.70 Å². The summed E-state index contributed by atoms with van der Waals surface area (Å²) in [4.78, 5) is 19.9. The molecule has 31 heavy (non-hydrogen) atoms. The average Bonchev–Trinajstić information content (AvgIpc) is 3.06. The number of aryl methyl sites for hydroxylation is 2. The zero-order chi connectivity index (χ0) is 22.0. The van der Waals surface area contributed by atoms with Crippen LogP contribution in [0.2, 0.25) is 5.02 Å². The van der Waals surface area contributed by atoms with E-state index in [4.69, 9.17) is 16.6 Å². The molecule has 0 fully saturated rings. The van der Waals surface area contributed by atoms with E-state index < -0.39 is 0 Å². The van der Waals surface area contributed by atoms with Crippen molar-refractivity contribution in [3.8, 4) is 0 Å². The number of halogens is 1. The van der Waals surface area contributed by atoms with E-state index in [0.29, 0.717) is 21.6 Å². The normalized spacial score (nSPS) is 15.0. The Morgan fingerprint density at radius 2 is 1.68 bits per heavy atom. The zero-order valence-electron chi connectivity index (χ0n) is 17.7. The van der Waals surface area contributed by atoms with Crippen LogP contribution in [-0.4, -0.2) is 11.1 Å². The number of carbonyl (C=O) groups is 1. The topological polar surface area (TPSA) is 32.7 Å². The molecule has 4 rings (SSSR count). The summed E-state index contributed by atoms with van der Waals surface area (Å²) in [5, 5.41) is 1.40. The van der Waals surface area contributed by atoms with Crippen LogP contribution in [0.5, 0.6) is 0 Å². The second kappa shape index (κ2) is 9.13. The minimum absolute atomic E-state index is 0.104. The summed E-state index contributed by atoms with van der Waals surface area (Å²) in [6, 6.07) is 21.9. The summed E-state index contributed by atoms with van der Waals surface area (Å²) >= 11 is 7.56. The van der Waals surface area contributed by atoms with Crippen LogP contribution in [0.1, 0.15) is 27.8 Å². The largest absolute Gasteiger partial charge is 0.283 e. The summed E-state index contributed by atoms with van der Waals surface area (Å²) < 4.78 is 0. The fourth-order valence-corrected chi connectivity index (χ4v) is 4.42. The molecule has 1 heterocycles. The molecule has 0 atom stereocenters. The van der Waals surface area contributed by atoms with E-state index in [1.54, 1.807) is 16.7 Å². The third-order valence-corrected chi connectivity index (χ3v) is 6.57. The SMILES string of the molecule is Cc1ccc(C=C2N=C(SCc3ccc(Cl)cc3)N(c3cccc(C)c3C)C2=O)cc1.